The largest absolute Gasteiger partial charge is 0.486 e. The van der Waals surface area contributed by atoms with Crippen LogP contribution in [0.4, 0.5) is 0 Å². The first-order valence-corrected chi connectivity index (χ1v) is 11.3. The minimum Gasteiger partial charge on any atom is -0.486 e. The van der Waals surface area contributed by atoms with Gasteiger partial charge >= 0.3 is 0 Å². The summed E-state index contributed by atoms with van der Waals surface area (Å²) in [4.78, 5) is 9.47. The van der Waals surface area contributed by atoms with E-state index in [1.165, 1.54) is 5.56 Å². The molecule has 0 spiro atoms. The maximum Gasteiger partial charge on any atom is 0.191 e. The fourth-order valence-corrected chi connectivity index (χ4v) is 4.01. The van der Waals surface area contributed by atoms with Gasteiger partial charge in [0.05, 0.1) is 13.1 Å². The summed E-state index contributed by atoms with van der Waals surface area (Å²) in [6.07, 6.45) is 1.87. The van der Waals surface area contributed by atoms with Crippen LogP contribution in [0.3, 0.4) is 0 Å². The summed E-state index contributed by atoms with van der Waals surface area (Å²) in [5, 5.41) is 11.5. The maximum atomic E-state index is 5.76. The number of hydrogen-bond acceptors (Lipinski definition) is 6. The minimum atomic E-state index is -0.154. The molecule has 0 aliphatic carbocycles. The molecule has 2 aromatic rings. The standard InChI is InChI=1S/C23H34N6O3.HI/c1-5-24-22(26-17-7-9-21-27-20(14-30-4)28-29(21)13-17)25-15-23(2,3)16-6-8-18-19(12-16)32-11-10-31-18;/h6,8,12,17H,5,7,9-11,13-15H2,1-4H3,(H2,24,25,26);1H. The van der Waals surface area contributed by atoms with Gasteiger partial charge in [0, 0.05) is 31.5 Å². The fraction of sp³-hybridized carbons (Fsp3) is 0.609. The monoisotopic (exact) mass is 570 g/mol. The number of fused-ring (bicyclic) bond motifs is 2. The third kappa shape index (κ3) is 6.28. The van der Waals surface area contributed by atoms with Gasteiger partial charge in [0.15, 0.2) is 23.3 Å². The topological polar surface area (TPSA) is 94.8 Å². The summed E-state index contributed by atoms with van der Waals surface area (Å²) < 4.78 is 18.6. The Kier molecular flexibility index (Phi) is 8.80. The third-order valence-electron chi connectivity index (χ3n) is 5.82. The number of hydrogen-bond donors (Lipinski definition) is 2. The molecule has 9 nitrogen and oxygen atoms in total. The Morgan fingerprint density at radius 3 is 2.82 bits per heavy atom. The predicted octanol–water partition coefficient (Wildman–Crippen LogP) is 2.66. The van der Waals surface area contributed by atoms with Crippen molar-refractivity contribution in [2.24, 2.45) is 4.99 Å². The van der Waals surface area contributed by atoms with Gasteiger partial charge in [-0.15, -0.1) is 24.0 Å². The molecule has 0 saturated carbocycles. The number of ether oxygens (including phenoxy) is 3. The van der Waals surface area contributed by atoms with Gasteiger partial charge in [-0.3, -0.25) is 4.99 Å². The second-order valence-electron chi connectivity index (χ2n) is 8.88. The van der Waals surface area contributed by atoms with E-state index in [9.17, 15) is 0 Å². The molecular formula is C23H35IN6O3. The molecule has 2 aliphatic heterocycles. The van der Waals surface area contributed by atoms with Crippen molar-refractivity contribution in [3.8, 4) is 11.5 Å². The van der Waals surface area contributed by atoms with Crippen molar-refractivity contribution in [1.29, 1.82) is 0 Å². The summed E-state index contributed by atoms with van der Waals surface area (Å²) in [5.41, 5.74) is 1.02. The van der Waals surface area contributed by atoms with Crippen LogP contribution in [0.15, 0.2) is 23.2 Å². The lowest BCUT2D eigenvalue weighted by Crippen LogP contribution is -2.47. The molecule has 0 radical (unpaired) electrons. The molecule has 1 aromatic heterocycles. The molecule has 0 fully saturated rings. The Balaban J connectivity index is 0.00000306. The quantitative estimate of drug-likeness (QED) is 0.301. The van der Waals surface area contributed by atoms with Crippen LogP contribution in [-0.4, -0.2) is 60.2 Å². The SMILES string of the molecule is CCNC(=NCC(C)(C)c1ccc2c(c1)OCCO2)NC1CCc2nc(COC)nn2C1.I. The van der Waals surface area contributed by atoms with Crippen molar-refractivity contribution in [2.75, 3.05) is 33.4 Å². The van der Waals surface area contributed by atoms with Gasteiger partial charge < -0.3 is 24.8 Å². The summed E-state index contributed by atoms with van der Waals surface area (Å²) >= 11 is 0. The average molecular weight is 570 g/mol. The van der Waals surface area contributed by atoms with E-state index in [1.54, 1.807) is 7.11 Å². The van der Waals surface area contributed by atoms with E-state index in [0.29, 0.717) is 26.4 Å². The Hall–Kier alpha value is -2.08. The minimum absolute atomic E-state index is 0. The molecule has 10 heteroatoms. The zero-order valence-corrected chi connectivity index (χ0v) is 22.2. The fourth-order valence-electron chi connectivity index (χ4n) is 4.01. The molecule has 33 heavy (non-hydrogen) atoms. The number of aryl methyl sites for hydroxylation is 1. The van der Waals surface area contributed by atoms with Crippen LogP contribution >= 0.6 is 24.0 Å². The second kappa shape index (κ2) is 11.4. The van der Waals surface area contributed by atoms with E-state index in [2.05, 4.69) is 53.6 Å². The van der Waals surface area contributed by atoms with Crippen molar-refractivity contribution < 1.29 is 14.2 Å². The predicted molar refractivity (Wildman–Crippen MR) is 138 cm³/mol. The summed E-state index contributed by atoms with van der Waals surface area (Å²) in [5.74, 6) is 4.22. The molecule has 2 N–H and O–H groups in total. The van der Waals surface area contributed by atoms with Crippen molar-refractivity contribution >= 4 is 29.9 Å². The highest BCUT2D eigenvalue weighted by Crippen LogP contribution is 2.35. The van der Waals surface area contributed by atoms with Gasteiger partial charge in [0.1, 0.15) is 25.6 Å². The van der Waals surface area contributed by atoms with Gasteiger partial charge in [-0.05, 0) is 31.0 Å². The Morgan fingerprint density at radius 1 is 1.27 bits per heavy atom. The second-order valence-corrected chi connectivity index (χ2v) is 8.88. The van der Waals surface area contributed by atoms with Crippen LogP contribution in [0.2, 0.25) is 0 Å². The Labute approximate surface area is 212 Å². The number of rotatable bonds is 7. The van der Waals surface area contributed by atoms with Gasteiger partial charge in [-0.25, -0.2) is 9.67 Å². The van der Waals surface area contributed by atoms with Crippen molar-refractivity contribution in [3.63, 3.8) is 0 Å². The highest BCUT2D eigenvalue weighted by atomic mass is 127. The lowest BCUT2D eigenvalue weighted by atomic mass is 9.84. The number of nitrogens with zero attached hydrogens (tertiary/aromatic N) is 4. The number of aliphatic imine (C=N–C) groups is 1. The molecular weight excluding hydrogens is 535 g/mol. The van der Waals surface area contributed by atoms with E-state index >= 15 is 0 Å². The average Bonchev–Trinajstić information content (AvgIpc) is 3.19. The zero-order chi connectivity index (χ0) is 22.6. The third-order valence-corrected chi connectivity index (χ3v) is 5.82. The number of guanidine groups is 1. The van der Waals surface area contributed by atoms with Crippen LogP contribution in [-0.2, 0) is 29.7 Å². The Morgan fingerprint density at radius 2 is 2.06 bits per heavy atom. The summed E-state index contributed by atoms with van der Waals surface area (Å²) in [6.45, 7) is 10.3. The molecule has 2 aliphatic rings. The van der Waals surface area contributed by atoms with Crippen molar-refractivity contribution in [2.45, 2.75) is 58.2 Å². The van der Waals surface area contributed by atoms with Crippen LogP contribution in [0.5, 0.6) is 11.5 Å². The van der Waals surface area contributed by atoms with Crippen LogP contribution in [0, 0.1) is 0 Å². The van der Waals surface area contributed by atoms with E-state index in [1.807, 2.05) is 10.7 Å². The normalized spacial score (nSPS) is 17.7. The molecule has 0 amide bonds. The molecule has 1 atom stereocenters. The highest BCUT2D eigenvalue weighted by molar-refractivity contribution is 14.0. The summed E-state index contributed by atoms with van der Waals surface area (Å²) in [7, 11) is 1.66. The van der Waals surface area contributed by atoms with Crippen molar-refractivity contribution in [3.05, 3.63) is 35.4 Å². The van der Waals surface area contributed by atoms with Crippen LogP contribution < -0.4 is 20.1 Å². The number of benzene rings is 1. The molecule has 1 unspecified atom stereocenters. The van der Waals surface area contributed by atoms with Gasteiger partial charge in [-0.2, -0.15) is 5.10 Å². The van der Waals surface area contributed by atoms with E-state index in [-0.39, 0.29) is 35.4 Å². The first-order chi connectivity index (χ1) is 15.5. The first kappa shape index (κ1) is 25.5. The van der Waals surface area contributed by atoms with Gasteiger partial charge in [0.2, 0.25) is 0 Å². The number of halogens is 1. The molecule has 3 heterocycles. The lowest BCUT2D eigenvalue weighted by Gasteiger charge is -2.28. The van der Waals surface area contributed by atoms with Gasteiger partial charge in [0.25, 0.3) is 0 Å². The smallest absolute Gasteiger partial charge is 0.191 e. The maximum absolute atomic E-state index is 5.76. The molecule has 182 valence electrons. The molecule has 4 rings (SSSR count). The number of methoxy groups -OCH3 is 1. The molecule has 0 bridgehead atoms. The van der Waals surface area contributed by atoms with Gasteiger partial charge in [-0.1, -0.05) is 19.9 Å². The van der Waals surface area contributed by atoms with Crippen molar-refractivity contribution in [1.82, 2.24) is 25.4 Å². The van der Waals surface area contributed by atoms with E-state index < -0.39 is 0 Å². The molecule has 1 aromatic carbocycles. The summed E-state index contributed by atoms with van der Waals surface area (Å²) in [6, 6.07) is 6.42. The first-order valence-electron chi connectivity index (χ1n) is 11.3. The van der Waals surface area contributed by atoms with E-state index in [4.69, 9.17) is 19.2 Å². The van der Waals surface area contributed by atoms with Crippen LogP contribution in [0.1, 0.15) is 44.4 Å². The number of nitrogens with one attached hydrogen (secondary N) is 2. The zero-order valence-electron chi connectivity index (χ0n) is 19.9. The van der Waals surface area contributed by atoms with Crippen LogP contribution in [0.25, 0.3) is 0 Å². The highest BCUT2D eigenvalue weighted by Gasteiger charge is 2.25. The number of aromatic nitrogens is 3. The molecule has 0 saturated heterocycles. The van der Waals surface area contributed by atoms with E-state index in [0.717, 1.165) is 55.0 Å². The lowest BCUT2D eigenvalue weighted by molar-refractivity contribution is 0.171. The Bertz CT molecular complexity index is 962.